The molecule has 8 heteroatoms. The first-order valence-electron chi connectivity index (χ1n) is 7.79. The van der Waals surface area contributed by atoms with Gasteiger partial charge in [-0.25, -0.2) is 8.42 Å². The SMILES string of the molecule is O=C(Nc1ccc(I)cc1)c1cccc(S(=O)(=O)Nc2ccc(Br)cc2)c1. The minimum atomic E-state index is -3.81. The van der Waals surface area contributed by atoms with Crippen LogP contribution in [-0.2, 0) is 10.0 Å². The van der Waals surface area contributed by atoms with Crippen LogP contribution in [0.3, 0.4) is 0 Å². The predicted molar refractivity (Wildman–Crippen MR) is 119 cm³/mol. The Labute approximate surface area is 179 Å². The molecule has 0 aromatic heterocycles. The summed E-state index contributed by atoms with van der Waals surface area (Å²) in [6.45, 7) is 0. The van der Waals surface area contributed by atoms with Crippen LogP contribution in [0.15, 0.2) is 82.2 Å². The molecule has 0 saturated carbocycles. The summed E-state index contributed by atoms with van der Waals surface area (Å²) in [4.78, 5) is 12.5. The third-order valence-electron chi connectivity index (χ3n) is 3.61. The molecule has 0 aliphatic heterocycles. The van der Waals surface area contributed by atoms with Crippen molar-refractivity contribution in [3.63, 3.8) is 0 Å². The van der Waals surface area contributed by atoms with E-state index in [0.29, 0.717) is 11.4 Å². The van der Waals surface area contributed by atoms with Crippen molar-refractivity contribution in [1.29, 1.82) is 0 Å². The number of carbonyl (C=O) groups excluding carboxylic acids is 1. The third kappa shape index (κ3) is 5.30. The van der Waals surface area contributed by atoms with Crippen LogP contribution in [0.4, 0.5) is 11.4 Å². The molecule has 27 heavy (non-hydrogen) atoms. The Bertz CT molecular complexity index is 1070. The van der Waals surface area contributed by atoms with Crippen molar-refractivity contribution < 1.29 is 13.2 Å². The molecular weight excluding hydrogens is 543 g/mol. The molecule has 5 nitrogen and oxygen atoms in total. The standard InChI is InChI=1S/C19H14BrIN2O3S/c20-14-4-8-17(9-5-14)23-27(25,26)18-3-1-2-13(12-18)19(24)22-16-10-6-15(21)7-11-16/h1-12,23H,(H,22,24). The van der Waals surface area contributed by atoms with E-state index in [1.807, 2.05) is 12.1 Å². The minimum Gasteiger partial charge on any atom is -0.322 e. The molecule has 0 saturated heterocycles. The molecular formula is C19H14BrIN2O3S. The molecule has 0 aliphatic carbocycles. The van der Waals surface area contributed by atoms with Gasteiger partial charge in [-0.1, -0.05) is 22.0 Å². The van der Waals surface area contributed by atoms with Crippen molar-refractivity contribution >= 4 is 65.8 Å². The van der Waals surface area contributed by atoms with E-state index in [1.54, 1.807) is 48.5 Å². The van der Waals surface area contributed by atoms with Gasteiger partial charge < -0.3 is 5.32 Å². The fourth-order valence-corrected chi connectivity index (χ4v) is 4.00. The number of rotatable bonds is 5. The fourth-order valence-electron chi connectivity index (χ4n) is 2.27. The van der Waals surface area contributed by atoms with Crippen molar-refractivity contribution in [3.05, 3.63) is 86.4 Å². The maximum atomic E-state index is 12.6. The summed E-state index contributed by atoms with van der Waals surface area (Å²) < 4.78 is 29.6. The second-order valence-corrected chi connectivity index (χ2v) is 9.44. The van der Waals surface area contributed by atoms with Crippen LogP contribution in [0.25, 0.3) is 0 Å². The van der Waals surface area contributed by atoms with Gasteiger partial charge in [0.25, 0.3) is 15.9 Å². The lowest BCUT2D eigenvalue weighted by Gasteiger charge is -2.10. The number of anilines is 2. The smallest absolute Gasteiger partial charge is 0.261 e. The lowest BCUT2D eigenvalue weighted by molar-refractivity contribution is 0.102. The molecule has 0 fully saturated rings. The highest BCUT2D eigenvalue weighted by atomic mass is 127. The average molecular weight is 557 g/mol. The first-order valence-corrected chi connectivity index (χ1v) is 11.1. The molecule has 0 radical (unpaired) electrons. The van der Waals surface area contributed by atoms with Crippen molar-refractivity contribution in [2.45, 2.75) is 4.90 Å². The van der Waals surface area contributed by atoms with Crippen molar-refractivity contribution in [2.75, 3.05) is 10.0 Å². The highest BCUT2D eigenvalue weighted by Gasteiger charge is 2.16. The van der Waals surface area contributed by atoms with Crippen LogP contribution in [0.5, 0.6) is 0 Å². The largest absolute Gasteiger partial charge is 0.322 e. The predicted octanol–water partition coefficient (Wildman–Crippen LogP) is 5.11. The maximum absolute atomic E-state index is 12.6. The van der Waals surface area contributed by atoms with Crippen molar-refractivity contribution in [3.8, 4) is 0 Å². The van der Waals surface area contributed by atoms with Crippen molar-refractivity contribution in [1.82, 2.24) is 0 Å². The molecule has 0 unspecified atom stereocenters. The van der Waals surface area contributed by atoms with E-state index in [2.05, 4.69) is 48.6 Å². The number of hydrogen-bond donors (Lipinski definition) is 2. The molecule has 2 N–H and O–H groups in total. The van der Waals surface area contributed by atoms with E-state index in [0.717, 1.165) is 8.04 Å². The second-order valence-electron chi connectivity index (χ2n) is 5.60. The van der Waals surface area contributed by atoms with Crippen molar-refractivity contribution in [2.24, 2.45) is 0 Å². The van der Waals surface area contributed by atoms with Gasteiger partial charge >= 0.3 is 0 Å². The van der Waals surface area contributed by atoms with Gasteiger partial charge in [0.15, 0.2) is 0 Å². The zero-order valence-electron chi connectivity index (χ0n) is 13.8. The lowest BCUT2D eigenvalue weighted by atomic mass is 10.2. The summed E-state index contributed by atoms with van der Waals surface area (Å²) >= 11 is 5.48. The fraction of sp³-hybridized carbons (Fsp3) is 0. The quantitative estimate of drug-likeness (QED) is 0.429. The highest BCUT2D eigenvalue weighted by Crippen LogP contribution is 2.20. The summed E-state index contributed by atoms with van der Waals surface area (Å²) in [5.41, 5.74) is 1.33. The molecule has 3 aromatic rings. The minimum absolute atomic E-state index is 0.0145. The van der Waals surface area contributed by atoms with Gasteiger partial charge in [-0.2, -0.15) is 0 Å². The molecule has 0 heterocycles. The number of hydrogen-bond acceptors (Lipinski definition) is 3. The Hall–Kier alpha value is -1.91. The lowest BCUT2D eigenvalue weighted by Crippen LogP contribution is -2.16. The topological polar surface area (TPSA) is 75.3 Å². The Morgan fingerprint density at radius 1 is 0.889 bits per heavy atom. The number of benzene rings is 3. The normalized spacial score (nSPS) is 11.0. The molecule has 138 valence electrons. The molecule has 0 bridgehead atoms. The van der Waals surface area contributed by atoms with Crippen LogP contribution < -0.4 is 10.0 Å². The number of carbonyl (C=O) groups is 1. The molecule has 3 aromatic carbocycles. The van der Waals surface area contributed by atoms with E-state index >= 15 is 0 Å². The Kier molecular flexibility index (Phi) is 6.18. The van der Waals surface area contributed by atoms with Gasteiger partial charge in [-0.3, -0.25) is 9.52 Å². The van der Waals surface area contributed by atoms with Gasteiger partial charge in [-0.15, -0.1) is 0 Å². The van der Waals surface area contributed by atoms with Crippen LogP contribution in [-0.4, -0.2) is 14.3 Å². The molecule has 0 atom stereocenters. The molecule has 1 amide bonds. The van der Waals surface area contributed by atoms with E-state index in [-0.39, 0.29) is 16.4 Å². The van der Waals surface area contributed by atoms with Gasteiger partial charge in [0.1, 0.15) is 0 Å². The van der Waals surface area contributed by atoms with Crippen LogP contribution >= 0.6 is 38.5 Å². The number of halogens is 2. The van der Waals surface area contributed by atoms with E-state index in [1.165, 1.54) is 12.1 Å². The average Bonchev–Trinajstić information content (AvgIpc) is 2.65. The van der Waals surface area contributed by atoms with Gasteiger partial charge in [0, 0.05) is 25.0 Å². The maximum Gasteiger partial charge on any atom is 0.261 e. The van der Waals surface area contributed by atoms with Gasteiger partial charge in [0.05, 0.1) is 4.90 Å². The second kappa shape index (κ2) is 8.41. The van der Waals surface area contributed by atoms with E-state index in [9.17, 15) is 13.2 Å². The van der Waals surface area contributed by atoms with Crippen LogP contribution in [0.1, 0.15) is 10.4 Å². The third-order valence-corrected chi connectivity index (χ3v) is 6.23. The van der Waals surface area contributed by atoms with Crippen LogP contribution in [0.2, 0.25) is 0 Å². The van der Waals surface area contributed by atoms with E-state index < -0.39 is 10.0 Å². The van der Waals surface area contributed by atoms with Gasteiger partial charge in [-0.05, 0) is 89.3 Å². The highest BCUT2D eigenvalue weighted by molar-refractivity contribution is 14.1. The summed E-state index contributed by atoms with van der Waals surface area (Å²) in [5, 5.41) is 2.76. The summed E-state index contributed by atoms with van der Waals surface area (Å²) in [5.74, 6) is -0.378. The summed E-state index contributed by atoms with van der Waals surface area (Å²) in [6, 6.07) is 20.0. The monoisotopic (exact) mass is 556 g/mol. The zero-order chi connectivity index (χ0) is 19.4. The zero-order valence-corrected chi connectivity index (χ0v) is 18.4. The molecule has 0 aliphatic rings. The summed E-state index contributed by atoms with van der Waals surface area (Å²) in [7, 11) is -3.81. The van der Waals surface area contributed by atoms with Gasteiger partial charge in [0.2, 0.25) is 0 Å². The van der Waals surface area contributed by atoms with Crippen LogP contribution in [0, 0.1) is 3.57 Å². The number of nitrogens with one attached hydrogen (secondary N) is 2. The summed E-state index contributed by atoms with van der Waals surface area (Å²) in [6.07, 6.45) is 0. The number of amides is 1. The Morgan fingerprint density at radius 3 is 2.19 bits per heavy atom. The first-order chi connectivity index (χ1) is 12.8. The Morgan fingerprint density at radius 2 is 1.52 bits per heavy atom. The Balaban J connectivity index is 1.80. The number of sulfonamides is 1. The molecule has 3 rings (SSSR count). The van der Waals surface area contributed by atoms with E-state index in [4.69, 9.17) is 0 Å². The first kappa shape index (κ1) is 19.8. The molecule has 0 spiro atoms.